The predicted octanol–water partition coefficient (Wildman–Crippen LogP) is 3.38. The van der Waals surface area contributed by atoms with Gasteiger partial charge in [0.2, 0.25) is 0 Å². The van der Waals surface area contributed by atoms with E-state index < -0.39 is 34.8 Å². The van der Waals surface area contributed by atoms with Gasteiger partial charge in [-0.2, -0.15) is 0 Å². The molecule has 1 amide bonds. The van der Waals surface area contributed by atoms with Gasteiger partial charge in [0, 0.05) is 23.5 Å². The maximum atomic E-state index is 13.1. The zero-order valence-electron chi connectivity index (χ0n) is 19.2. The van der Waals surface area contributed by atoms with Crippen LogP contribution in [0.25, 0.3) is 0 Å². The molecule has 14 heteroatoms. The molecule has 11 nitrogen and oxygen atoms in total. The summed E-state index contributed by atoms with van der Waals surface area (Å²) in [6.07, 6.45) is -3.79. The maximum absolute atomic E-state index is 13.1. The number of alkyl halides is 2. The van der Waals surface area contributed by atoms with Crippen molar-refractivity contribution in [3.63, 3.8) is 0 Å². The summed E-state index contributed by atoms with van der Waals surface area (Å²) in [5.74, 6) is -1.24. The van der Waals surface area contributed by atoms with Crippen molar-refractivity contribution >= 4 is 33.3 Å². The van der Waals surface area contributed by atoms with Gasteiger partial charge in [0.1, 0.15) is 13.2 Å². The largest absolute Gasteiger partial charge is 0.586 e. The van der Waals surface area contributed by atoms with E-state index in [4.69, 9.17) is 14.2 Å². The van der Waals surface area contributed by atoms with Crippen LogP contribution in [0.4, 0.5) is 20.2 Å². The third-order valence-corrected chi connectivity index (χ3v) is 6.60. The first-order valence-electron chi connectivity index (χ1n) is 11.0. The summed E-state index contributed by atoms with van der Waals surface area (Å²) < 4.78 is 78.4. The number of halogens is 2. The molecule has 0 saturated carbocycles. The van der Waals surface area contributed by atoms with Crippen molar-refractivity contribution in [2.24, 2.45) is 0 Å². The molecule has 0 unspecified atom stereocenters. The van der Waals surface area contributed by atoms with Crippen molar-refractivity contribution in [1.29, 1.82) is 0 Å². The Balaban J connectivity index is 1.15. The zero-order valence-corrected chi connectivity index (χ0v) is 20.0. The van der Waals surface area contributed by atoms with Crippen LogP contribution in [-0.2, 0) is 19.6 Å². The van der Waals surface area contributed by atoms with Crippen LogP contribution < -0.4 is 29.0 Å². The van der Waals surface area contributed by atoms with Crippen LogP contribution in [-0.4, -0.2) is 46.4 Å². The SMILES string of the molecule is O=C(COC(=O)c1ccc(NS(=O)(=O)c2ccc3c(c2)OCCO3)cc1)Nc1ccc2c(c1)OC(F)(F)O2. The standard InChI is InChI=1S/C24H18F2N2O9S/c25-24(26)36-19-7-5-16(11-21(19)37-24)27-22(29)13-35-23(30)14-1-3-15(4-2-14)28-38(31,32)17-6-8-18-20(12-17)34-10-9-33-18/h1-8,11-12,28H,9-10,13H2,(H,27,29). The molecule has 5 rings (SSSR count). The van der Waals surface area contributed by atoms with Crippen molar-refractivity contribution in [3.8, 4) is 23.0 Å². The third kappa shape index (κ3) is 5.54. The summed E-state index contributed by atoms with van der Waals surface area (Å²) in [5.41, 5.74) is 0.369. The minimum atomic E-state index is -3.95. The maximum Gasteiger partial charge on any atom is 0.586 e. The van der Waals surface area contributed by atoms with Crippen LogP contribution in [0.3, 0.4) is 0 Å². The van der Waals surface area contributed by atoms with E-state index in [0.29, 0.717) is 24.7 Å². The number of nitrogens with one attached hydrogen (secondary N) is 2. The smallest absolute Gasteiger partial charge is 0.486 e. The lowest BCUT2D eigenvalue weighted by Crippen LogP contribution is -2.25. The number of fused-ring (bicyclic) bond motifs is 2. The fourth-order valence-corrected chi connectivity index (χ4v) is 4.59. The molecule has 2 N–H and O–H groups in total. The fourth-order valence-electron chi connectivity index (χ4n) is 3.52. The van der Waals surface area contributed by atoms with Crippen LogP contribution in [0.5, 0.6) is 23.0 Å². The van der Waals surface area contributed by atoms with E-state index in [1.54, 1.807) is 0 Å². The summed E-state index contributed by atoms with van der Waals surface area (Å²) >= 11 is 0. The van der Waals surface area contributed by atoms with Crippen LogP contribution in [0, 0.1) is 0 Å². The molecule has 0 fully saturated rings. The lowest BCUT2D eigenvalue weighted by molar-refractivity contribution is -0.286. The van der Waals surface area contributed by atoms with E-state index in [0.717, 1.165) is 6.07 Å². The minimum absolute atomic E-state index is 0.0348. The van der Waals surface area contributed by atoms with E-state index in [9.17, 15) is 26.8 Å². The van der Waals surface area contributed by atoms with Crippen LogP contribution in [0.15, 0.2) is 65.6 Å². The Hall–Kier alpha value is -4.59. The number of hydrogen-bond acceptors (Lipinski definition) is 9. The molecule has 2 aliphatic rings. The van der Waals surface area contributed by atoms with Crippen molar-refractivity contribution in [2.45, 2.75) is 11.2 Å². The lowest BCUT2D eigenvalue weighted by Gasteiger charge is -2.19. The summed E-state index contributed by atoms with van der Waals surface area (Å²) in [6, 6.07) is 13.2. The molecule has 0 saturated heterocycles. The Morgan fingerprint density at radius 1 is 0.842 bits per heavy atom. The molecule has 0 aliphatic carbocycles. The number of rotatable bonds is 7. The molecule has 3 aromatic carbocycles. The highest BCUT2D eigenvalue weighted by atomic mass is 32.2. The first-order chi connectivity index (χ1) is 18.1. The topological polar surface area (TPSA) is 138 Å². The zero-order chi connectivity index (χ0) is 26.9. The average molecular weight is 548 g/mol. The van der Waals surface area contributed by atoms with Crippen molar-refractivity contribution in [1.82, 2.24) is 0 Å². The Morgan fingerprint density at radius 2 is 1.50 bits per heavy atom. The van der Waals surface area contributed by atoms with E-state index in [-0.39, 0.29) is 33.3 Å². The fraction of sp³-hybridized carbons (Fsp3) is 0.167. The highest BCUT2D eigenvalue weighted by Gasteiger charge is 2.43. The molecule has 0 atom stereocenters. The molecule has 2 heterocycles. The summed E-state index contributed by atoms with van der Waals surface area (Å²) in [6.45, 7) is 0.0193. The van der Waals surface area contributed by atoms with Gasteiger partial charge in [0.25, 0.3) is 15.9 Å². The average Bonchev–Trinajstić information content (AvgIpc) is 3.20. The number of sulfonamides is 1. The minimum Gasteiger partial charge on any atom is -0.486 e. The van der Waals surface area contributed by atoms with Gasteiger partial charge in [0.15, 0.2) is 29.6 Å². The van der Waals surface area contributed by atoms with E-state index in [1.807, 2.05) is 0 Å². The second kappa shape index (κ2) is 9.70. The van der Waals surface area contributed by atoms with Crippen LogP contribution >= 0.6 is 0 Å². The molecular weight excluding hydrogens is 530 g/mol. The van der Waals surface area contributed by atoms with Crippen molar-refractivity contribution in [2.75, 3.05) is 29.9 Å². The van der Waals surface area contributed by atoms with Gasteiger partial charge in [-0.25, -0.2) is 13.2 Å². The molecule has 0 bridgehead atoms. The van der Waals surface area contributed by atoms with Crippen LogP contribution in [0.1, 0.15) is 10.4 Å². The molecule has 0 radical (unpaired) electrons. The normalized spacial score (nSPS) is 14.9. The molecule has 0 aromatic heterocycles. The van der Waals surface area contributed by atoms with Gasteiger partial charge in [-0.15, -0.1) is 8.78 Å². The molecule has 2 aliphatic heterocycles. The number of amides is 1. The quantitative estimate of drug-likeness (QED) is 0.426. The molecule has 0 spiro atoms. The first-order valence-corrected chi connectivity index (χ1v) is 12.5. The van der Waals surface area contributed by atoms with Crippen molar-refractivity contribution < 1.29 is 50.5 Å². The van der Waals surface area contributed by atoms with Gasteiger partial charge < -0.3 is 29.0 Å². The number of hydrogen-bond donors (Lipinski definition) is 2. The number of benzene rings is 3. The van der Waals surface area contributed by atoms with Crippen LogP contribution in [0.2, 0.25) is 0 Å². The summed E-state index contributed by atoms with van der Waals surface area (Å²) in [4.78, 5) is 24.4. The highest BCUT2D eigenvalue weighted by molar-refractivity contribution is 7.92. The lowest BCUT2D eigenvalue weighted by atomic mass is 10.2. The number of carbonyl (C=O) groups is 2. The van der Waals surface area contributed by atoms with E-state index >= 15 is 0 Å². The second-order valence-electron chi connectivity index (χ2n) is 7.94. The summed E-state index contributed by atoms with van der Waals surface area (Å²) in [5, 5.41) is 2.39. The molecule has 3 aromatic rings. The monoisotopic (exact) mass is 548 g/mol. The Bertz CT molecular complexity index is 1510. The third-order valence-electron chi connectivity index (χ3n) is 5.22. The van der Waals surface area contributed by atoms with Gasteiger partial charge in [0.05, 0.1) is 10.5 Å². The van der Waals surface area contributed by atoms with E-state index in [1.165, 1.54) is 54.6 Å². The molecule has 198 valence electrons. The number of carbonyl (C=O) groups excluding carboxylic acids is 2. The van der Waals surface area contributed by atoms with Gasteiger partial charge >= 0.3 is 12.3 Å². The van der Waals surface area contributed by atoms with Gasteiger partial charge in [-0.3, -0.25) is 9.52 Å². The number of ether oxygens (including phenoxy) is 5. The predicted molar refractivity (Wildman–Crippen MR) is 126 cm³/mol. The first kappa shape index (κ1) is 25.1. The van der Waals surface area contributed by atoms with Crippen molar-refractivity contribution in [3.05, 3.63) is 66.2 Å². The number of esters is 1. The Kier molecular flexibility index (Phi) is 6.40. The Morgan fingerprint density at radius 3 is 2.26 bits per heavy atom. The molecular formula is C24H18F2N2O9S. The second-order valence-corrected chi connectivity index (χ2v) is 9.62. The Labute approximate surface area is 214 Å². The summed E-state index contributed by atoms with van der Waals surface area (Å²) in [7, 11) is -3.95. The highest BCUT2D eigenvalue weighted by Crippen LogP contribution is 2.42. The van der Waals surface area contributed by atoms with E-state index in [2.05, 4.69) is 19.5 Å². The number of anilines is 2. The molecule has 38 heavy (non-hydrogen) atoms. The van der Waals surface area contributed by atoms with Gasteiger partial charge in [-0.1, -0.05) is 0 Å². The van der Waals surface area contributed by atoms with Gasteiger partial charge in [-0.05, 0) is 48.5 Å².